The van der Waals surface area contributed by atoms with E-state index in [1.165, 1.54) is 0 Å². The smallest absolute Gasteiger partial charge is 0.348 e. The summed E-state index contributed by atoms with van der Waals surface area (Å²) in [6.45, 7) is 2.90. The molecule has 39 heavy (non-hydrogen) atoms. The minimum Gasteiger partial charge on any atom is -0.348 e. The Hall–Kier alpha value is -3.65. The first-order chi connectivity index (χ1) is 18.8. The molecule has 0 saturated carbocycles. The molecule has 2 atom stereocenters. The fourth-order valence-corrected chi connectivity index (χ4v) is 5.71. The molecule has 3 aromatic rings. The number of carbonyl (C=O) groups excluding carboxylic acids is 2. The standard InChI is InChI=1S/C31H32F3N3O2/c1-2-9-26(37-14-8-15-37)25-17-20(18-35-29(38)21-10-4-3-5-11-21)16-24-22-12-6-7-13-23(22)28(27(24)25)30(39)36-19-31(32,33)34/h3-7,10-13,16-17,26,28H,2,8-9,14-15,18-19H2,1H3,(H,35,38)(H,36,39). The number of nitrogens with zero attached hydrogens (tertiary/aromatic N) is 1. The molecule has 0 radical (unpaired) electrons. The van der Waals surface area contributed by atoms with Gasteiger partial charge in [-0.1, -0.05) is 61.9 Å². The van der Waals surface area contributed by atoms with Gasteiger partial charge in [0.2, 0.25) is 5.91 Å². The molecular weight excluding hydrogens is 503 g/mol. The Morgan fingerprint density at radius 3 is 2.36 bits per heavy atom. The number of fused-ring (bicyclic) bond motifs is 3. The summed E-state index contributed by atoms with van der Waals surface area (Å²) in [5.74, 6) is -1.67. The molecule has 204 valence electrons. The van der Waals surface area contributed by atoms with Gasteiger partial charge in [0, 0.05) is 18.2 Å². The van der Waals surface area contributed by atoms with E-state index in [0.29, 0.717) is 17.7 Å². The topological polar surface area (TPSA) is 61.4 Å². The Kier molecular flexibility index (Phi) is 7.75. The molecular formula is C31H32F3N3O2. The van der Waals surface area contributed by atoms with Gasteiger partial charge in [0.25, 0.3) is 5.91 Å². The average molecular weight is 536 g/mol. The zero-order chi connectivity index (χ0) is 27.6. The first-order valence-corrected chi connectivity index (χ1v) is 13.4. The Morgan fingerprint density at radius 2 is 1.69 bits per heavy atom. The van der Waals surface area contributed by atoms with E-state index in [-0.39, 0.29) is 11.9 Å². The van der Waals surface area contributed by atoms with Crippen LogP contribution in [0, 0.1) is 0 Å². The van der Waals surface area contributed by atoms with E-state index >= 15 is 0 Å². The van der Waals surface area contributed by atoms with Gasteiger partial charge in [0.05, 0.1) is 5.92 Å². The van der Waals surface area contributed by atoms with E-state index in [4.69, 9.17) is 0 Å². The normalized spacial score (nSPS) is 17.1. The molecule has 1 aliphatic carbocycles. The quantitative estimate of drug-likeness (QED) is 0.356. The molecule has 2 amide bonds. The summed E-state index contributed by atoms with van der Waals surface area (Å²) in [6.07, 6.45) is -1.63. The number of alkyl halides is 3. The zero-order valence-corrected chi connectivity index (χ0v) is 21.9. The van der Waals surface area contributed by atoms with Crippen molar-refractivity contribution in [2.75, 3.05) is 19.6 Å². The van der Waals surface area contributed by atoms with Crippen molar-refractivity contribution in [2.45, 2.75) is 50.9 Å². The summed E-state index contributed by atoms with van der Waals surface area (Å²) in [5, 5.41) is 5.14. The van der Waals surface area contributed by atoms with Gasteiger partial charge in [-0.05, 0) is 77.5 Å². The van der Waals surface area contributed by atoms with E-state index < -0.39 is 24.5 Å². The number of benzene rings is 3. The van der Waals surface area contributed by atoms with Crippen molar-refractivity contribution < 1.29 is 22.8 Å². The minimum atomic E-state index is -4.50. The molecule has 0 spiro atoms. The van der Waals surface area contributed by atoms with Gasteiger partial charge in [0.1, 0.15) is 6.54 Å². The van der Waals surface area contributed by atoms with Gasteiger partial charge in [0.15, 0.2) is 0 Å². The van der Waals surface area contributed by atoms with E-state index in [2.05, 4.69) is 22.5 Å². The van der Waals surface area contributed by atoms with Crippen molar-refractivity contribution in [3.63, 3.8) is 0 Å². The van der Waals surface area contributed by atoms with Crippen molar-refractivity contribution in [2.24, 2.45) is 0 Å². The third-order valence-electron chi connectivity index (χ3n) is 7.59. The lowest BCUT2D eigenvalue weighted by Gasteiger charge is -2.40. The van der Waals surface area contributed by atoms with Crippen LogP contribution in [0.5, 0.6) is 0 Å². The monoisotopic (exact) mass is 535 g/mol. The molecule has 8 heteroatoms. The molecule has 1 saturated heterocycles. The maximum atomic E-state index is 13.4. The summed E-state index contributed by atoms with van der Waals surface area (Å²) in [7, 11) is 0. The van der Waals surface area contributed by atoms with Crippen LogP contribution in [0.1, 0.15) is 70.8 Å². The molecule has 2 unspecified atom stereocenters. The van der Waals surface area contributed by atoms with Crippen LogP contribution in [-0.4, -0.2) is 42.5 Å². The summed E-state index contributed by atoms with van der Waals surface area (Å²) in [4.78, 5) is 28.5. The second-order valence-electron chi connectivity index (χ2n) is 10.2. The van der Waals surface area contributed by atoms with Crippen molar-refractivity contribution in [1.29, 1.82) is 0 Å². The first kappa shape index (κ1) is 26.9. The van der Waals surface area contributed by atoms with Crippen LogP contribution >= 0.6 is 0 Å². The first-order valence-electron chi connectivity index (χ1n) is 13.4. The van der Waals surface area contributed by atoms with Crippen LogP contribution in [0.3, 0.4) is 0 Å². The lowest BCUT2D eigenvalue weighted by Crippen LogP contribution is -2.41. The molecule has 2 aliphatic rings. The summed E-state index contributed by atoms with van der Waals surface area (Å²) < 4.78 is 39.1. The van der Waals surface area contributed by atoms with Gasteiger partial charge >= 0.3 is 6.18 Å². The number of hydrogen-bond acceptors (Lipinski definition) is 3. The third-order valence-corrected chi connectivity index (χ3v) is 7.59. The Balaban J connectivity index is 1.57. The number of hydrogen-bond donors (Lipinski definition) is 2. The van der Waals surface area contributed by atoms with E-state index in [1.54, 1.807) is 12.1 Å². The number of likely N-dealkylation sites (tertiary alicyclic amines) is 1. The minimum absolute atomic E-state index is 0.0366. The SMILES string of the molecule is CCCC(c1cc(CNC(=O)c2ccccc2)cc2c1C(C(=O)NCC(F)(F)F)c1ccccc1-2)N1CCC1. The maximum Gasteiger partial charge on any atom is 0.405 e. The number of carbonyl (C=O) groups is 2. The molecule has 0 bridgehead atoms. The fourth-order valence-electron chi connectivity index (χ4n) is 5.71. The lowest BCUT2D eigenvalue weighted by atomic mass is 9.85. The molecule has 2 N–H and O–H groups in total. The van der Waals surface area contributed by atoms with Crippen LogP contribution in [0.2, 0.25) is 0 Å². The summed E-state index contributed by atoms with van der Waals surface area (Å²) in [6, 6.07) is 20.5. The highest BCUT2D eigenvalue weighted by molar-refractivity contribution is 5.97. The van der Waals surface area contributed by atoms with Crippen LogP contribution in [0.15, 0.2) is 66.7 Å². The highest BCUT2D eigenvalue weighted by atomic mass is 19.4. The zero-order valence-electron chi connectivity index (χ0n) is 21.9. The van der Waals surface area contributed by atoms with Crippen LogP contribution in [-0.2, 0) is 11.3 Å². The number of amides is 2. The maximum absolute atomic E-state index is 13.4. The van der Waals surface area contributed by atoms with Crippen LogP contribution in [0.25, 0.3) is 11.1 Å². The molecule has 0 aromatic heterocycles. The number of rotatable bonds is 9. The van der Waals surface area contributed by atoms with Crippen LogP contribution < -0.4 is 10.6 Å². The summed E-state index contributed by atoms with van der Waals surface area (Å²) in [5.41, 5.74) is 5.59. The van der Waals surface area contributed by atoms with Gasteiger partial charge in [-0.2, -0.15) is 13.2 Å². The van der Waals surface area contributed by atoms with E-state index in [1.807, 2.05) is 54.6 Å². The highest BCUT2D eigenvalue weighted by Gasteiger charge is 2.40. The number of halogens is 3. The Bertz CT molecular complexity index is 1350. The molecule has 3 aromatic carbocycles. The van der Waals surface area contributed by atoms with Crippen molar-refractivity contribution >= 4 is 11.8 Å². The Morgan fingerprint density at radius 1 is 0.974 bits per heavy atom. The molecule has 5 nitrogen and oxygen atoms in total. The fraction of sp³-hybridized carbons (Fsp3) is 0.355. The molecule has 1 heterocycles. The average Bonchev–Trinajstić information content (AvgIpc) is 3.23. The Labute approximate surface area is 226 Å². The second-order valence-corrected chi connectivity index (χ2v) is 10.2. The second kappa shape index (κ2) is 11.2. The third kappa shape index (κ3) is 5.71. The summed E-state index contributed by atoms with van der Waals surface area (Å²) >= 11 is 0. The number of nitrogens with one attached hydrogen (secondary N) is 2. The predicted molar refractivity (Wildman–Crippen MR) is 144 cm³/mol. The van der Waals surface area contributed by atoms with E-state index in [9.17, 15) is 22.8 Å². The molecule has 1 aliphatic heterocycles. The van der Waals surface area contributed by atoms with Crippen molar-refractivity contribution in [3.8, 4) is 11.1 Å². The predicted octanol–water partition coefficient (Wildman–Crippen LogP) is 5.95. The van der Waals surface area contributed by atoms with E-state index in [0.717, 1.165) is 60.2 Å². The van der Waals surface area contributed by atoms with Crippen molar-refractivity contribution in [3.05, 3.63) is 94.5 Å². The van der Waals surface area contributed by atoms with Gasteiger partial charge in [-0.3, -0.25) is 14.5 Å². The largest absolute Gasteiger partial charge is 0.405 e. The van der Waals surface area contributed by atoms with Gasteiger partial charge < -0.3 is 10.6 Å². The van der Waals surface area contributed by atoms with Crippen molar-refractivity contribution in [1.82, 2.24) is 15.5 Å². The highest BCUT2D eigenvalue weighted by Crippen LogP contribution is 2.50. The van der Waals surface area contributed by atoms with Crippen LogP contribution in [0.4, 0.5) is 13.2 Å². The molecule has 1 fully saturated rings. The lowest BCUT2D eigenvalue weighted by molar-refractivity contribution is -0.138. The van der Waals surface area contributed by atoms with Gasteiger partial charge in [-0.15, -0.1) is 0 Å². The van der Waals surface area contributed by atoms with Gasteiger partial charge in [-0.25, -0.2) is 0 Å². The molecule has 5 rings (SSSR count).